The summed E-state index contributed by atoms with van der Waals surface area (Å²) >= 11 is 1.30. The average Bonchev–Trinajstić information content (AvgIpc) is 3.32. The molecule has 28 heavy (non-hydrogen) atoms. The Morgan fingerprint density at radius 3 is 2.93 bits per heavy atom. The third kappa shape index (κ3) is 4.99. The Labute approximate surface area is 168 Å². The Morgan fingerprint density at radius 1 is 1.39 bits per heavy atom. The van der Waals surface area contributed by atoms with E-state index in [9.17, 15) is 9.90 Å². The number of aromatic nitrogens is 2. The van der Waals surface area contributed by atoms with Gasteiger partial charge >= 0.3 is 6.09 Å². The van der Waals surface area contributed by atoms with E-state index in [2.05, 4.69) is 22.4 Å². The first-order valence-electron chi connectivity index (χ1n) is 9.75. The van der Waals surface area contributed by atoms with E-state index in [1.165, 1.54) is 11.3 Å². The van der Waals surface area contributed by atoms with Gasteiger partial charge in [-0.1, -0.05) is 29.8 Å². The molecule has 2 aromatic rings. The average molecular weight is 406 g/mol. The number of carbonyl (C=O) groups is 1. The highest BCUT2D eigenvalue weighted by molar-refractivity contribution is 7.14. The van der Waals surface area contributed by atoms with Crippen molar-refractivity contribution in [1.29, 1.82) is 0 Å². The van der Waals surface area contributed by atoms with Gasteiger partial charge in [-0.2, -0.15) is 0 Å². The molecule has 2 atom stereocenters. The van der Waals surface area contributed by atoms with Crippen LogP contribution in [0, 0.1) is 13.8 Å². The van der Waals surface area contributed by atoms with Crippen LogP contribution < -0.4 is 10.1 Å². The zero-order chi connectivity index (χ0) is 20.1. The molecule has 0 bridgehead atoms. The maximum atomic E-state index is 12.1. The number of hydrogen-bond donors (Lipinski definition) is 2. The minimum absolute atomic E-state index is 0.238. The highest BCUT2D eigenvalue weighted by atomic mass is 32.1. The number of ether oxygens (including phenoxy) is 1. The first-order valence-corrected chi connectivity index (χ1v) is 10.6. The number of hydrogen-bond acceptors (Lipinski definition) is 7. The summed E-state index contributed by atoms with van der Waals surface area (Å²) < 4.78 is 10.7. The first-order chi connectivity index (χ1) is 13.5. The van der Waals surface area contributed by atoms with Gasteiger partial charge in [0.1, 0.15) is 10.8 Å². The molecule has 2 heterocycles. The number of carbonyl (C=O) groups excluding carboxylic acids is 1. The van der Waals surface area contributed by atoms with Crippen LogP contribution in [0.1, 0.15) is 66.7 Å². The molecule has 2 N–H and O–H groups in total. The second-order valence-electron chi connectivity index (χ2n) is 7.10. The molecule has 152 valence electrons. The van der Waals surface area contributed by atoms with E-state index in [-0.39, 0.29) is 6.04 Å². The fourth-order valence-electron chi connectivity index (χ4n) is 3.26. The van der Waals surface area contributed by atoms with E-state index < -0.39 is 12.2 Å². The molecule has 3 rings (SSSR count). The van der Waals surface area contributed by atoms with Crippen molar-refractivity contribution in [2.24, 2.45) is 0 Å². The van der Waals surface area contributed by atoms with Crippen molar-refractivity contribution >= 4 is 29.6 Å². The van der Waals surface area contributed by atoms with Crippen LogP contribution >= 0.6 is 11.3 Å². The lowest BCUT2D eigenvalue weighted by Gasteiger charge is -2.15. The zero-order valence-electron chi connectivity index (χ0n) is 16.5. The number of amides is 1. The van der Waals surface area contributed by atoms with Crippen LogP contribution in [-0.2, 0) is 6.42 Å². The lowest BCUT2D eigenvalue weighted by atomic mass is 10.1. The Morgan fingerprint density at radius 2 is 2.21 bits per heavy atom. The summed E-state index contributed by atoms with van der Waals surface area (Å²) in [5, 5.41) is 17.9. The standard InChI is InChI=1S/C20H27N3O4S/c1-4-5-7-15-14(13(3)27-23-15)10-11-18-21-12(2)19(28-18)26-20(25)22-16-8-6-9-17(16)24/h10-11,16-17,24H,4-9H2,1-3H3,(H,22,25)/b11-10+. The molecule has 0 aliphatic heterocycles. The zero-order valence-corrected chi connectivity index (χ0v) is 17.3. The molecule has 0 aromatic carbocycles. The van der Waals surface area contributed by atoms with Gasteiger partial charge in [0.05, 0.1) is 23.5 Å². The Bertz CT molecular complexity index is 843. The summed E-state index contributed by atoms with van der Waals surface area (Å²) in [5.41, 5.74) is 2.59. The number of rotatable bonds is 7. The van der Waals surface area contributed by atoms with Gasteiger partial charge in [0.15, 0.2) is 0 Å². The number of aryl methyl sites for hydroxylation is 3. The lowest BCUT2D eigenvalue weighted by molar-refractivity contribution is 0.140. The predicted octanol–water partition coefficient (Wildman–Crippen LogP) is 4.26. The predicted molar refractivity (Wildman–Crippen MR) is 108 cm³/mol. The molecule has 1 fully saturated rings. The SMILES string of the molecule is CCCCc1noc(C)c1/C=C/c1nc(C)c(OC(=O)NC2CCCC2O)s1. The minimum Gasteiger partial charge on any atom is -0.397 e. The van der Waals surface area contributed by atoms with Crippen LogP contribution in [0.5, 0.6) is 5.06 Å². The highest BCUT2D eigenvalue weighted by Gasteiger charge is 2.27. The molecular weight excluding hydrogens is 378 g/mol. The number of nitrogens with zero attached hydrogens (tertiary/aromatic N) is 2. The molecular formula is C20H27N3O4S. The van der Waals surface area contributed by atoms with Crippen LogP contribution in [0.2, 0.25) is 0 Å². The van der Waals surface area contributed by atoms with Gasteiger partial charge in [0.25, 0.3) is 0 Å². The Hall–Kier alpha value is -2.19. The van der Waals surface area contributed by atoms with Gasteiger partial charge in [0.2, 0.25) is 5.06 Å². The summed E-state index contributed by atoms with van der Waals surface area (Å²) in [6.45, 7) is 5.84. The lowest BCUT2D eigenvalue weighted by Crippen LogP contribution is -2.41. The van der Waals surface area contributed by atoms with E-state index in [0.717, 1.165) is 54.1 Å². The summed E-state index contributed by atoms with van der Waals surface area (Å²) in [6, 6.07) is -0.238. The topological polar surface area (TPSA) is 97.5 Å². The molecule has 8 heteroatoms. The van der Waals surface area contributed by atoms with Gasteiger partial charge in [-0.15, -0.1) is 0 Å². The second kappa shape index (κ2) is 9.34. The van der Waals surface area contributed by atoms with Crippen LogP contribution in [0.25, 0.3) is 12.2 Å². The fourth-order valence-corrected chi connectivity index (χ4v) is 4.08. The van der Waals surface area contributed by atoms with Gasteiger partial charge in [0, 0.05) is 5.56 Å². The van der Waals surface area contributed by atoms with Crippen LogP contribution in [0.3, 0.4) is 0 Å². The van der Waals surface area contributed by atoms with Gasteiger partial charge in [-0.05, 0) is 58.1 Å². The molecule has 7 nitrogen and oxygen atoms in total. The molecule has 0 radical (unpaired) electrons. The van der Waals surface area contributed by atoms with Crippen molar-refractivity contribution in [3.05, 3.63) is 27.7 Å². The normalized spacial score (nSPS) is 19.4. The number of nitrogens with one attached hydrogen (secondary N) is 1. The van der Waals surface area contributed by atoms with Gasteiger partial charge in [-0.3, -0.25) is 0 Å². The summed E-state index contributed by atoms with van der Waals surface area (Å²) in [7, 11) is 0. The number of unbranched alkanes of at least 4 members (excludes halogenated alkanes) is 1. The minimum atomic E-state index is -0.551. The summed E-state index contributed by atoms with van der Waals surface area (Å²) in [6.07, 6.45) is 8.22. The molecule has 1 saturated carbocycles. The maximum absolute atomic E-state index is 12.1. The monoisotopic (exact) mass is 405 g/mol. The molecule has 1 amide bonds. The fraction of sp³-hybridized carbons (Fsp3) is 0.550. The van der Waals surface area contributed by atoms with Crippen molar-refractivity contribution in [3.8, 4) is 5.06 Å². The van der Waals surface area contributed by atoms with Crippen molar-refractivity contribution in [1.82, 2.24) is 15.5 Å². The van der Waals surface area contributed by atoms with Crippen molar-refractivity contribution < 1.29 is 19.2 Å². The Balaban J connectivity index is 1.65. The van der Waals surface area contributed by atoms with Crippen molar-refractivity contribution in [3.63, 3.8) is 0 Å². The highest BCUT2D eigenvalue weighted by Crippen LogP contribution is 2.29. The van der Waals surface area contributed by atoms with E-state index in [4.69, 9.17) is 9.26 Å². The second-order valence-corrected chi connectivity index (χ2v) is 8.09. The van der Waals surface area contributed by atoms with Crippen LogP contribution in [-0.4, -0.2) is 33.5 Å². The first kappa shape index (κ1) is 20.5. The summed E-state index contributed by atoms with van der Waals surface area (Å²) in [5.74, 6) is 0.779. The summed E-state index contributed by atoms with van der Waals surface area (Å²) in [4.78, 5) is 16.6. The number of aliphatic hydroxyl groups is 1. The molecule has 2 aromatic heterocycles. The molecule has 2 unspecified atom stereocenters. The van der Waals surface area contributed by atoms with Crippen LogP contribution in [0.4, 0.5) is 4.79 Å². The number of aliphatic hydroxyl groups excluding tert-OH is 1. The molecule has 0 saturated heterocycles. The van der Waals surface area contributed by atoms with Crippen molar-refractivity contribution in [2.45, 2.75) is 71.4 Å². The van der Waals surface area contributed by atoms with Gasteiger partial charge < -0.3 is 19.7 Å². The third-order valence-corrected chi connectivity index (χ3v) is 5.88. The van der Waals surface area contributed by atoms with E-state index in [1.807, 2.05) is 19.1 Å². The van der Waals surface area contributed by atoms with E-state index in [0.29, 0.717) is 17.2 Å². The van der Waals surface area contributed by atoms with Crippen molar-refractivity contribution in [2.75, 3.05) is 0 Å². The molecule has 1 aliphatic carbocycles. The van der Waals surface area contributed by atoms with Gasteiger partial charge in [-0.25, -0.2) is 9.78 Å². The third-order valence-electron chi connectivity index (χ3n) is 4.88. The van der Waals surface area contributed by atoms with E-state index in [1.54, 1.807) is 6.92 Å². The Kier molecular flexibility index (Phi) is 6.85. The maximum Gasteiger partial charge on any atom is 0.413 e. The quantitative estimate of drug-likeness (QED) is 0.714. The van der Waals surface area contributed by atoms with Crippen LogP contribution in [0.15, 0.2) is 4.52 Å². The number of thiazole rings is 1. The molecule has 0 spiro atoms. The van der Waals surface area contributed by atoms with E-state index >= 15 is 0 Å². The molecule has 1 aliphatic rings. The largest absolute Gasteiger partial charge is 0.413 e. The smallest absolute Gasteiger partial charge is 0.397 e.